The van der Waals surface area contributed by atoms with E-state index in [0.717, 1.165) is 42.9 Å². The van der Waals surface area contributed by atoms with E-state index in [1.165, 1.54) is 37.7 Å². The molecule has 1 aliphatic heterocycles. The van der Waals surface area contributed by atoms with E-state index in [0.29, 0.717) is 23.2 Å². The van der Waals surface area contributed by atoms with Crippen LogP contribution < -0.4 is 0 Å². The Morgan fingerprint density at radius 3 is 2.63 bits per heavy atom. The van der Waals surface area contributed by atoms with Gasteiger partial charge in [-0.2, -0.15) is 0 Å². The van der Waals surface area contributed by atoms with Gasteiger partial charge in [-0.3, -0.25) is 4.79 Å². The third kappa shape index (κ3) is 2.15. The average Bonchev–Trinajstić information content (AvgIpc) is 3.30. The number of hydrogen-bond acceptors (Lipinski definition) is 2. The topological polar surface area (TPSA) is 29.6 Å². The van der Waals surface area contributed by atoms with Crippen molar-refractivity contribution in [1.82, 2.24) is 0 Å². The lowest BCUT2D eigenvalue weighted by atomic mass is 9.44. The molecule has 150 valence electrons. The molecule has 5 aliphatic rings. The number of epoxide rings is 1. The minimum Gasteiger partial charge on any atom is -0.361 e. The van der Waals surface area contributed by atoms with Crippen LogP contribution in [-0.2, 0) is 9.53 Å². The monoisotopic (exact) mass is 370 g/mol. The predicted octanol–water partition coefficient (Wildman–Crippen LogP) is 5.95. The molecular formula is C25H38O2. The Kier molecular flexibility index (Phi) is 3.89. The van der Waals surface area contributed by atoms with Crippen molar-refractivity contribution in [3.8, 4) is 0 Å². The van der Waals surface area contributed by atoms with Gasteiger partial charge >= 0.3 is 0 Å². The summed E-state index contributed by atoms with van der Waals surface area (Å²) in [5, 5.41) is 0. The number of ketones is 1. The molecule has 0 bridgehead atoms. The highest BCUT2D eigenvalue weighted by atomic mass is 16.6. The van der Waals surface area contributed by atoms with Crippen LogP contribution in [-0.4, -0.2) is 17.5 Å². The largest absolute Gasteiger partial charge is 0.361 e. The molecule has 0 aromatic carbocycles. The molecule has 0 aromatic heterocycles. The third-order valence-electron chi connectivity index (χ3n) is 10.4. The molecular weight excluding hydrogens is 332 g/mol. The molecule has 2 nitrogen and oxygen atoms in total. The lowest BCUT2D eigenvalue weighted by Crippen LogP contribution is -2.56. The first-order valence-electron chi connectivity index (χ1n) is 11.7. The molecule has 3 saturated carbocycles. The lowest BCUT2D eigenvalue weighted by Gasteiger charge is -2.58. The van der Waals surface area contributed by atoms with Gasteiger partial charge in [0.2, 0.25) is 0 Å². The fourth-order valence-corrected chi connectivity index (χ4v) is 8.80. The van der Waals surface area contributed by atoms with Gasteiger partial charge in [0.25, 0.3) is 0 Å². The van der Waals surface area contributed by atoms with Crippen LogP contribution in [0.15, 0.2) is 11.6 Å². The summed E-state index contributed by atoms with van der Waals surface area (Å²) in [6, 6.07) is 0. The van der Waals surface area contributed by atoms with Crippen molar-refractivity contribution in [2.75, 3.05) is 0 Å². The van der Waals surface area contributed by atoms with E-state index in [-0.39, 0.29) is 11.0 Å². The smallest absolute Gasteiger partial charge is 0.155 e. The second-order valence-corrected chi connectivity index (χ2v) is 11.1. The van der Waals surface area contributed by atoms with E-state index in [1.54, 1.807) is 0 Å². The van der Waals surface area contributed by atoms with Crippen molar-refractivity contribution in [2.45, 2.75) is 97.7 Å². The first kappa shape index (κ1) is 18.4. The summed E-state index contributed by atoms with van der Waals surface area (Å²) in [4.78, 5) is 12.3. The van der Waals surface area contributed by atoms with Crippen LogP contribution in [0.4, 0.5) is 0 Å². The van der Waals surface area contributed by atoms with E-state index in [4.69, 9.17) is 4.74 Å². The zero-order chi connectivity index (χ0) is 19.2. The summed E-state index contributed by atoms with van der Waals surface area (Å²) in [6.45, 7) is 12.3. The second-order valence-electron chi connectivity index (χ2n) is 11.1. The van der Waals surface area contributed by atoms with Gasteiger partial charge in [0.15, 0.2) is 5.78 Å². The van der Waals surface area contributed by atoms with Gasteiger partial charge in [0, 0.05) is 6.42 Å². The second kappa shape index (κ2) is 5.71. The number of rotatable bonds is 3. The third-order valence-corrected chi connectivity index (χ3v) is 10.4. The fraction of sp³-hybridized carbons (Fsp3) is 0.880. The Labute approximate surface area is 165 Å². The summed E-state index contributed by atoms with van der Waals surface area (Å²) in [6.07, 6.45) is 12.1. The van der Waals surface area contributed by atoms with Gasteiger partial charge in [0.1, 0.15) is 5.60 Å². The molecule has 1 heterocycles. The summed E-state index contributed by atoms with van der Waals surface area (Å²) in [5.74, 6) is 4.33. The van der Waals surface area contributed by atoms with E-state index in [2.05, 4.69) is 34.6 Å². The highest BCUT2D eigenvalue weighted by Gasteiger charge is 2.75. The maximum atomic E-state index is 12.3. The van der Waals surface area contributed by atoms with Crippen LogP contribution in [0.25, 0.3) is 0 Å². The van der Waals surface area contributed by atoms with Gasteiger partial charge < -0.3 is 4.74 Å². The van der Waals surface area contributed by atoms with Crippen LogP contribution in [0.5, 0.6) is 0 Å². The molecule has 0 amide bonds. The maximum absolute atomic E-state index is 12.3. The molecule has 27 heavy (non-hydrogen) atoms. The van der Waals surface area contributed by atoms with Crippen molar-refractivity contribution in [3.63, 3.8) is 0 Å². The van der Waals surface area contributed by atoms with Crippen LogP contribution in [0.3, 0.4) is 0 Å². The number of fused-ring (bicyclic) bond motifs is 8. The van der Waals surface area contributed by atoms with Crippen LogP contribution in [0.1, 0.15) is 86.0 Å². The van der Waals surface area contributed by atoms with E-state index < -0.39 is 0 Å². The minimum atomic E-state index is -0.0985. The van der Waals surface area contributed by atoms with Gasteiger partial charge in [0.05, 0.1) is 6.10 Å². The van der Waals surface area contributed by atoms with Crippen LogP contribution in [0.2, 0.25) is 0 Å². The van der Waals surface area contributed by atoms with Gasteiger partial charge in [-0.25, -0.2) is 0 Å². The van der Waals surface area contributed by atoms with E-state index in [1.807, 2.05) is 6.08 Å². The Morgan fingerprint density at radius 1 is 1.15 bits per heavy atom. The number of carbonyl (C=O) groups is 1. The first-order chi connectivity index (χ1) is 12.8. The number of hydrogen-bond donors (Lipinski definition) is 0. The molecule has 4 unspecified atom stereocenters. The Morgan fingerprint density at radius 2 is 1.93 bits per heavy atom. The molecule has 0 aromatic rings. The van der Waals surface area contributed by atoms with Crippen LogP contribution >= 0.6 is 0 Å². The normalized spacial score (nSPS) is 54.3. The number of ether oxygens (including phenoxy) is 1. The highest BCUT2D eigenvalue weighted by Crippen LogP contribution is 2.74. The van der Waals surface area contributed by atoms with E-state index in [9.17, 15) is 4.79 Å². The Bertz CT molecular complexity index is 694. The molecule has 1 saturated heterocycles. The lowest BCUT2D eigenvalue weighted by molar-refractivity contribution is -0.117. The first-order valence-corrected chi connectivity index (χ1v) is 11.7. The quantitative estimate of drug-likeness (QED) is 0.575. The minimum absolute atomic E-state index is 0.0985. The van der Waals surface area contributed by atoms with Crippen molar-refractivity contribution < 1.29 is 9.53 Å². The Balaban J connectivity index is 1.56. The maximum Gasteiger partial charge on any atom is 0.155 e. The molecule has 2 heteroatoms. The Hall–Kier alpha value is -0.630. The summed E-state index contributed by atoms with van der Waals surface area (Å²) in [5.41, 5.74) is 1.99. The zero-order valence-electron chi connectivity index (χ0n) is 18.0. The molecule has 9 atom stereocenters. The standard InChI is InChI=1S/C25H38O2/c1-6-15(3)17-8-9-18-21-19(11-13-23(17,18)4)24(5)12-10-16(26)14-20(24)25(7-2)22(21)27-25/h14-15,17-19,21-22H,6-13H2,1-5H3/t15-,17?,18?,19?,21?,22+,23-,24-,25-/m1/s1. The van der Waals surface area contributed by atoms with Crippen molar-refractivity contribution >= 4 is 5.78 Å². The molecule has 0 spiro atoms. The summed E-state index contributed by atoms with van der Waals surface area (Å²) in [7, 11) is 0. The van der Waals surface area contributed by atoms with Crippen molar-refractivity contribution in [1.29, 1.82) is 0 Å². The molecule has 5 rings (SSSR count). The van der Waals surface area contributed by atoms with Gasteiger partial charge in [-0.15, -0.1) is 0 Å². The van der Waals surface area contributed by atoms with E-state index >= 15 is 0 Å². The molecule has 0 radical (unpaired) electrons. The molecule has 4 aliphatic carbocycles. The number of carbonyl (C=O) groups excluding carboxylic acids is 1. The van der Waals surface area contributed by atoms with Gasteiger partial charge in [-0.05, 0) is 90.6 Å². The fourth-order valence-electron chi connectivity index (χ4n) is 8.80. The zero-order valence-corrected chi connectivity index (χ0v) is 18.0. The summed E-state index contributed by atoms with van der Waals surface area (Å²) >= 11 is 0. The van der Waals surface area contributed by atoms with Gasteiger partial charge in [-0.1, -0.05) is 41.0 Å². The van der Waals surface area contributed by atoms with Crippen molar-refractivity contribution in [3.05, 3.63) is 11.6 Å². The molecule has 0 N–H and O–H groups in total. The molecule has 4 fully saturated rings. The average molecular weight is 371 g/mol. The highest BCUT2D eigenvalue weighted by molar-refractivity contribution is 5.92. The SMILES string of the molecule is CC[C@@H](C)C1CCC2C3C(CC[C@@]21C)[C@@]1(C)CCC(=O)C=C1[C@@]1(CC)O[C@@H]31. The predicted molar refractivity (Wildman–Crippen MR) is 108 cm³/mol. The van der Waals surface area contributed by atoms with Crippen LogP contribution in [0, 0.1) is 40.4 Å². The van der Waals surface area contributed by atoms with Crippen molar-refractivity contribution in [2.24, 2.45) is 40.4 Å². The summed E-state index contributed by atoms with van der Waals surface area (Å²) < 4.78 is 6.62.